The maximum Gasteiger partial charge on any atom is 0.241 e. The molecule has 0 aromatic heterocycles. The number of amides is 1. The van der Waals surface area contributed by atoms with Crippen molar-refractivity contribution in [2.45, 2.75) is 6.04 Å². The lowest BCUT2D eigenvalue weighted by Gasteiger charge is -2.09. The fourth-order valence-electron chi connectivity index (χ4n) is 0.989. The smallest absolute Gasteiger partial charge is 0.241 e. The Morgan fingerprint density at radius 2 is 1.93 bits per heavy atom. The number of phenols is 1. The van der Waals surface area contributed by atoms with E-state index in [4.69, 9.17) is 10.8 Å². The third-order valence-electron chi connectivity index (χ3n) is 1.78. The molecule has 0 saturated carbocycles. The summed E-state index contributed by atoms with van der Waals surface area (Å²) in [5.74, 6) is -0.0847. The lowest BCUT2D eigenvalue weighted by atomic mass is 10.1. The van der Waals surface area contributed by atoms with E-state index in [9.17, 15) is 4.79 Å². The Labute approximate surface area is 88.5 Å². The molecule has 1 rings (SSSR count). The number of hydrogen-bond acceptors (Lipinski definition) is 3. The third kappa shape index (κ3) is 2.90. The molecule has 1 atom stereocenters. The Morgan fingerprint density at radius 1 is 1.43 bits per heavy atom. The van der Waals surface area contributed by atoms with Gasteiger partial charge in [-0.2, -0.15) is 0 Å². The number of hydrogen-bond donors (Lipinski definition) is 3. The van der Waals surface area contributed by atoms with Crippen LogP contribution in [0, 0.1) is 0 Å². The quantitative estimate of drug-likeness (QED) is 0.676. The van der Waals surface area contributed by atoms with E-state index in [1.807, 2.05) is 0 Å². The first kappa shape index (κ1) is 12.7. The molecule has 5 heteroatoms. The van der Waals surface area contributed by atoms with E-state index < -0.39 is 6.04 Å². The second-order valence-corrected chi connectivity index (χ2v) is 2.68. The first-order valence-electron chi connectivity index (χ1n) is 3.91. The van der Waals surface area contributed by atoms with Crippen LogP contribution in [0.25, 0.3) is 0 Å². The average Bonchev–Trinajstić information content (AvgIpc) is 2.17. The monoisotopic (exact) mass is 216 g/mol. The number of phenolic OH excluding ortho intramolecular Hbond substituents is 1. The Bertz CT molecular complexity index is 300. The van der Waals surface area contributed by atoms with E-state index >= 15 is 0 Å². The molecule has 0 bridgehead atoms. The molecule has 0 spiro atoms. The highest BCUT2D eigenvalue weighted by Crippen LogP contribution is 2.14. The average molecular weight is 217 g/mol. The number of nitrogens with one attached hydrogen (secondary N) is 1. The van der Waals surface area contributed by atoms with E-state index in [0.717, 1.165) is 0 Å². The highest BCUT2D eigenvalue weighted by atomic mass is 35.5. The van der Waals surface area contributed by atoms with Gasteiger partial charge in [-0.05, 0) is 17.7 Å². The van der Waals surface area contributed by atoms with Crippen LogP contribution in [0.1, 0.15) is 11.6 Å². The van der Waals surface area contributed by atoms with Crippen molar-refractivity contribution in [2.75, 3.05) is 7.05 Å². The summed E-state index contributed by atoms with van der Waals surface area (Å²) in [5, 5.41) is 11.4. The maximum atomic E-state index is 11.1. The summed E-state index contributed by atoms with van der Waals surface area (Å²) in [6.07, 6.45) is 0. The van der Waals surface area contributed by atoms with Gasteiger partial charge >= 0.3 is 0 Å². The van der Waals surface area contributed by atoms with Crippen molar-refractivity contribution in [2.24, 2.45) is 5.73 Å². The van der Waals surface area contributed by atoms with Gasteiger partial charge in [0, 0.05) is 7.05 Å². The van der Waals surface area contributed by atoms with Crippen LogP contribution >= 0.6 is 12.4 Å². The minimum Gasteiger partial charge on any atom is -0.508 e. The molecule has 0 aliphatic carbocycles. The number of rotatable bonds is 2. The molecule has 78 valence electrons. The van der Waals surface area contributed by atoms with Crippen LogP contribution in [0.15, 0.2) is 24.3 Å². The Balaban J connectivity index is 0.00000169. The Morgan fingerprint density at radius 3 is 2.36 bits per heavy atom. The van der Waals surface area contributed by atoms with Gasteiger partial charge in [0.05, 0.1) is 0 Å². The number of aromatic hydroxyl groups is 1. The molecule has 0 radical (unpaired) electrons. The first-order chi connectivity index (χ1) is 6.15. The number of benzene rings is 1. The number of carbonyl (C=O) groups is 1. The molecule has 0 aliphatic heterocycles. The summed E-state index contributed by atoms with van der Waals surface area (Å²) in [5.41, 5.74) is 6.28. The zero-order valence-electron chi connectivity index (χ0n) is 7.73. The summed E-state index contributed by atoms with van der Waals surface area (Å²) >= 11 is 0. The van der Waals surface area contributed by atoms with Crippen molar-refractivity contribution in [1.82, 2.24) is 5.32 Å². The number of nitrogens with two attached hydrogens (primary N) is 1. The second-order valence-electron chi connectivity index (χ2n) is 2.68. The van der Waals surface area contributed by atoms with Crippen molar-refractivity contribution in [1.29, 1.82) is 0 Å². The Kier molecular flexibility index (Phi) is 4.97. The Hall–Kier alpha value is -1.26. The van der Waals surface area contributed by atoms with Gasteiger partial charge in [0.1, 0.15) is 11.8 Å². The maximum absolute atomic E-state index is 11.1. The van der Waals surface area contributed by atoms with Gasteiger partial charge in [-0.1, -0.05) is 12.1 Å². The fraction of sp³-hybridized carbons (Fsp3) is 0.222. The largest absolute Gasteiger partial charge is 0.508 e. The molecule has 1 aromatic rings. The number of carbonyl (C=O) groups excluding carboxylic acids is 1. The number of likely N-dealkylation sites (N-methyl/N-ethyl adjacent to an activating group) is 1. The van der Waals surface area contributed by atoms with E-state index in [-0.39, 0.29) is 24.1 Å². The summed E-state index contributed by atoms with van der Waals surface area (Å²) in [4.78, 5) is 11.1. The standard InChI is InChI=1S/C9H12N2O2.ClH/c1-11-9(13)8(10)6-2-4-7(12)5-3-6;/h2-5,8,12H,10H2,1H3,(H,11,13);1H/t8-;/m0./s1. The molecule has 4 nitrogen and oxygen atoms in total. The molecular formula is C9H13ClN2O2. The molecule has 4 N–H and O–H groups in total. The predicted octanol–water partition coefficient (Wildman–Crippen LogP) is 0.560. The second kappa shape index (κ2) is 5.47. The van der Waals surface area contributed by atoms with Crippen LogP contribution in [0.5, 0.6) is 5.75 Å². The van der Waals surface area contributed by atoms with Crippen molar-refractivity contribution in [3.8, 4) is 5.75 Å². The minimum atomic E-state index is -0.675. The highest BCUT2D eigenvalue weighted by molar-refractivity contribution is 5.85. The summed E-state index contributed by atoms with van der Waals surface area (Å²) in [6.45, 7) is 0. The van der Waals surface area contributed by atoms with Crippen LogP contribution in [0.3, 0.4) is 0 Å². The van der Waals surface area contributed by atoms with E-state index in [1.165, 1.54) is 19.2 Å². The van der Waals surface area contributed by atoms with Gasteiger partial charge in [0.2, 0.25) is 5.91 Å². The molecule has 0 fully saturated rings. The summed E-state index contributed by atoms with van der Waals surface area (Å²) in [6, 6.07) is 5.56. The molecule has 0 heterocycles. The van der Waals surface area contributed by atoms with Crippen LogP contribution in [-0.4, -0.2) is 18.1 Å². The summed E-state index contributed by atoms with van der Waals surface area (Å²) < 4.78 is 0. The van der Waals surface area contributed by atoms with Gasteiger partial charge in [-0.15, -0.1) is 12.4 Å². The van der Waals surface area contributed by atoms with Crippen LogP contribution in [-0.2, 0) is 4.79 Å². The normalized spacial score (nSPS) is 11.3. The van der Waals surface area contributed by atoms with Crippen LogP contribution in [0.4, 0.5) is 0 Å². The van der Waals surface area contributed by atoms with Crippen molar-refractivity contribution in [3.05, 3.63) is 29.8 Å². The van der Waals surface area contributed by atoms with E-state index in [1.54, 1.807) is 12.1 Å². The molecular weight excluding hydrogens is 204 g/mol. The fourth-order valence-corrected chi connectivity index (χ4v) is 0.989. The lowest BCUT2D eigenvalue weighted by molar-refractivity contribution is -0.121. The van der Waals surface area contributed by atoms with Crippen molar-refractivity contribution in [3.63, 3.8) is 0 Å². The lowest BCUT2D eigenvalue weighted by Crippen LogP contribution is -2.31. The number of halogens is 1. The van der Waals surface area contributed by atoms with E-state index in [2.05, 4.69) is 5.32 Å². The molecule has 1 amide bonds. The molecule has 14 heavy (non-hydrogen) atoms. The van der Waals surface area contributed by atoms with E-state index in [0.29, 0.717) is 5.56 Å². The van der Waals surface area contributed by atoms with Crippen LogP contribution < -0.4 is 11.1 Å². The van der Waals surface area contributed by atoms with Gasteiger partial charge in [0.15, 0.2) is 0 Å². The molecule has 0 unspecified atom stereocenters. The van der Waals surface area contributed by atoms with Crippen molar-refractivity contribution >= 4 is 18.3 Å². The van der Waals surface area contributed by atoms with Gasteiger partial charge in [0.25, 0.3) is 0 Å². The highest BCUT2D eigenvalue weighted by Gasteiger charge is 2.13. The summed E-state index contributed by atoms with van der Waals surface area (Å²) in [7, 11) is 1.53. The zero-order chi connectivity index (χ0) is 9.84. The van der Waals surface area contributed by atoms with Gasteiger partial charge in [-0.25, -0.2) is 0 Å². The first-order valence-corrected chi connectivity index (χ1v) is 3.91. The topological polar surface area (TPSA) is 75.4 Å². The SMILES string of the molecule is CNC(=O)[C@@H](N)c1ccc(O)cc1.Cl. The predicted molar refractivity (Wildman–Crippen MR) is 56.3 cm³/mol. The van der Waals surface area contributed by atoms with Crippen LogP contribution in [0.2, 0.25) is 0 Å². The van der Waals surface area contributed by atoms with Crippen molar-refractivity contribution < 1.29 is 9.90 Å². The molecule has 1 aromatic carbocycles. The van der Waals surface area contributed by atoms with Gasteiger partial charge < -0.3 is 16.2 Å². The third-order valence-corrected chi connectivity index (χ3v) is 1.78. The van der Waals surface area contributed by atoms with Gasteiger partial charge in [-0.3, -0.25) is 4.79 Å². The minimum absolute atomic E-state index is 0. The zero-order valence-corrected chi connectivity index (χ0v) is 8.54. The molecule has 0 aliphatic rings. The molecule has 0 saturated heterocycles.